The van der Waals surface area contributed by atoms with E-state index in [0.29, 0.717) is 34.2 Å². The molecule has 2 aliphatic rings. The van der Waals surface area contributed by atoms with Crippen LogP contribution in [0.4, 0.5) is 11.8 Å². The number of likely N-dealkylation sites (tertiary alicyclic amines) is 1. The number of H-pyrrole nitrogens is 1. The van der Waals surface area contributed by atoms with Crippen molar-refractivity contribution < 1.29 is 4.79 Å². The summed E-state index contributed by atoms with van der Waals surface area (Å²) in [6.45, 7) is 8.55. The van der Waals surface area contributed by atoms with Gasteiger partial charge in [-0.3, -0.25) is 9.69 Å². The Kier molecular flexibility index (Phi) is 7.06. The molecule has 2 saturated heterocycles. The molecule has 0 spiro atoms. The quantitative estimate of drug-likeness (QED) is 0.538. The number of piperazine rings is 1. The van der Waals surface area contributed by atoms with E-state index in [9.17, 15) is 4.79 Å². The van der Waals surface area contributed by atoms with Crippen molar-refractivity contribution >= 4 is 29.3 Å². The lowest BCUT2D eigenvalue weighted by Gasteiger charge is -2.47. The van der Waals surface area contributed by atoms with Crippen molar-refractivity contribution in [3.63, 3.8) is 0 Å². The Balaban J connectivity index is 1.20. The summed E-state index contributed by atoms with van der Waals surface area (Å²) in [5, 5.41) is 8.46. The average molecular weight is 510 g/mol. The number of aromatic amines is 1. The molecule has 2 aliphatic heterocycles. The summed E-state index contributed by atoms with van der Waals surface area (Å²) >= 11 is 5.97. The molecule has 0 radical (unpaired) electrons. The number of aryl methyl sites for hydroxylation is 1. The van der Waals surface area contributed by atoms with Gasteiger partial charge in [-0.15, -0.1) is 10.2 Å². The van der Waals surface area contributed by atoms with Crippen LogP contribution in [0.3, 0.4) is 0 Å². The van der Waals surface area contributed by atoms with E-state index >= 15 is 0 Å². The van der Waals surface area contributed by atoms with Crippen molar-refractivity contribution in [1.82, 2.24) is 34.9 Å². The Morgan fingerprint density at radius 1 is 1.14 bits per heavy atom. The molecule has 0 saturated carbocycles. The third-order valence-corrected chi connectivity index (χ3v) is 7.53. The fraction of sp³-hybridized carbons (Fsp3) is 0.480. The summed E-state index contributed by atoms with van der Waals surface area (Å²) in [5.74, 6) is 1.78. The largest absolute Gasteiger partial charge is 0.368 e. The second-order valence-electron chi connectivity index (χ2n) is 9.50. The van der Waals surface area contributed by atoms with Gasteiger partial charge in [0.2, 0.25) is 5.95 Å². The van der Waals surface area contributed by atoms with Crippen molar-refractivity contribution in [3.05, 3.63) is 46.7 Å². The Labute approximate surface area is 215 Å². The molecule has 1 amide bonds. The molecule has 2 fully saturated rings. The van der Waals surface area contributed by atoms with Crippen molar-refractivity contribution in [2.24, 2.45) is 0 Å². The number of benzene rings is 1. The fourth-order valence-electron chi connectivity index (χ4n) is 5.37. The van der Waals surface area contributed by atoms with E-state index in [2.05, 4.69) is 31.9 Å². The number of halogens is 1. The number of nitrogen functional groups attached to an aromatic ring is 1. The van der Waals surface area contributed by atoms with Crippen LogP contribution in [-0.4, -0.2) is 85.7 Å². The molecule has 3 N–H and O–H groups in total. The molecule has 0 bridgehead atoms. The summed E-state index contributed by atoms with van der Waals surface area (Å²) < 4.78 is 0. The van der Waals surface area contributed by atoms with Crippen LogP contribution in [0.2, 0.25) is 5.02 Å². The van der Waals surface area contributed by atoms with Crippen LogP contribution in [0.25, 0.3) is 11.5 Å². The predicted octanol–water partition coefficient (Wildman–Crippen LogP) is 3.01. The third-order valence-electron chi connectivity index (χ3n) is 7.28. The number of nitrogens with zero attached hydrogens (tertiary/aromatic N) is 7. The highest BCUT2D eigenvalue weighted by molar-refractivity contribution is 6.30. The maximum absolute atomic E-state index is 12.9. The van der Waals surface area contributed by atoms with Crippen LogP contribution < -0.4 is 10.6 Å². The molecule has 1 atom stereocenters. The zero-order chi connectivity index (χ0) is 25.2. The fourth-order valence-corrected chi connectivity index (χ4v) is 5.50. The van der Waals surface area contributed by atoms with E-state index < -0.39 is 0 Å². The first-order chi connectivity index (χ1) is 17.4. The number of carbonyl (C=O) groups is 1. The Morgan fingerprint density at radius 3 is 2.53 bits per heavy atom. The molecule has 10 nitrogen and oxygen atoms in total. The van der Waals surface area contributed by atoms with Gasteiger partial charge in [-0.2, -0.15) is 0 Å². The molecule has 36 heavy (non-hydrogen) atoms. The van der Waals surface area contributed by atoms with Gasteiger partial charge in [-0.25, -0.2) is 9.97 Å². The van der Waals surface area contributed by atoms with Gasteiger partial charge in [-0.1, -0.05) is 18.5 Å². The van der Waals surface area contributed by atoms with Gasteiger partial charge in [0.05, 0.1) is 11.9 Å². The second kappa shape index (κ2) is 10.4. The van der Waals surface area contributed by atoms with Gasteiger partial charge in [0, 0.05) is 55.4 Å². The number of nitrogens with one attached hydrogen (secondary N) is 1. The summed E-state index contributed by atoms with van der Waals surface area (Å²) in [4.78, 5) is 32.2. The van der Waals surface area contributed by atoms with Crippen molar-refractivity contribution in [3.8, 4) is 11.5 Å². The Hall–Kier alpha value is -3.24. The first-order valence-corrected chi connectivity index (χ1v) is 12.9. The molecular weight excluding hydrogens is 478 g/mol. The molecule has 0 unspecified atom stereocenters. The van der Waals surface area contributed by atoms with Gasteiger partial charge in [0.1, 0.15) is 11.5 Å². The van der Waals surface area contributed by atoms with E-state index in [1.807, 2.05) is 24.0 Å². The number of rotatable bonds is 5. The van der Waals surface area contributed by atoms with Crippen molar-refractivity contribution in [2.45, 2.75) is 45.2 Å². The third kappa shape index (κ3) is 5.01. The van der Waals surface area contributed by atoms with Crippen molar-refractivity contribution in [1.29, 1.82) is 0 Å². The summed E-state index contributed by atoms with van der Waals surface area (Å²) in [6.07, 6.45) is 4.76. The second-order valence-corrected chi connectivity index (χ2v) is 9.94. The average Bonchev–Trinajstić information content (AvgIpc) is 3.34. The number of hydrogen-bond donors (Lipinski definition) is 2. The summed E-state index contributed by atoms with van der Waals surface area (Å²) in [6, 6.07) is 8.07. The highest BCUT2D eigenvalue weighted by atomic mass is 35.5. The number of amides is 1. The number of hydrogen-bond acceptors (Lipinski definition) is 8. The number of carbonyl (C=O) groups excluding carboxylic acids is 1. The zero-order valence-electron chi connectivity index (χ0n) is 20.7. The normalized spacial score (nSPS) is 19.6. The number of aromatic nitrogens is 5. The van der Waals surface area contributed by atoms with Crippen LogP contribution >= 0.6 is 11.6 Å². The number of nitrogens with two attached hydrogens (primary N) is 1. The lowest BCUT2D eigenvalue weighted by atomic mass is 9.97. The molecular formula is C25H32ClN9O. The SMILES string of the molecule is CC[C@H]1CN(c2ncc(-c3nnc(N)[nH]3)nc2C)CCN1C1CCN(C(=O)c2ccc(Cl)cc2)CC1. The van der Waals surface area contributed by atoms with E-state index in [1.165, 1.54) is 0 Å². The minimum atomic E-state index is 0.0903. The monoisotopic (exact) mass is 509 g/mol. The lowest BCUT2D eigenvalue weighted by Crippen LogP contribution is -2.58. The topological polar surface area (TPSA) is 120 Å². The molecule has 1 aromatic carbocycles. The van der Waals surface area contributed by atoms with Crippen LogP contribution in [-0.2, 0) is 0 Å². The van der Waals surface area contributed by atoms with Crippen LogP contribution in [0.5, 0.6) is 0 Å². The van der Waals surface area contributed by atoms with Crippen LogP contribution in [0, 0.1) is 6.92 Å². The molecule has 0 aliphatic carbocycles. The maximum atomic E-state index is 12.9. The molecule has 3 aromatic rings. The zero-order valence-corrected chi connectivity index (χ0v) is 21.4. The molecule has 11 heteroatoms. The Morgan fingerprint density at radius 2 is 1.89 bits per heavy atom. The standard InChI is InChI=1S/C25H32ClN9O/c1-3-19-15-34(23-16(2)29-21(14-28-23)22-30-25(27)32-31-22)12-13-35(19)20-8-10-33(11-9-20)24(36)17-4-6-18(26)7-5-17/h4-7,14,19-20H,3,8-13,15H2,1-2H3,(H3,27,30,31,32)/t19-/m0/s1. The molecule has 4 heterocycles. The van der Waals surface area contributed by atoms with Gasteiger partial charge >= 0.3 is 0 Å². The van der Waals surface area contributed by atoms with Gasteiger partial charge < -0.3 is 20.5 Å². The minimum absolute atomic E-state index is 0.0903. The van der Waals surface area contributed by atoms with Gasteiger partial charge in [0.15, 0.2) is 5.82 Å². The Bertz CT molecular complexity index is 1210. The highest BCUT2D eigenvalue weighted by Crippen LogP contribution is 2.28. The number of piperidine rings is 1. The van der Waals surface area contributed by atoms with Gasteiger partial charge in [-0.05, 0) is 50.5 Å². The lowest BCUT2D eigenvalue weighted by molar-refractivity contribution is 0.0490. The molecule has 190 valence electrons. The highest BCUT2D eigenvalue weighted by Gasteiger charge is 2.34. The van der Waals surface area contributed by atoms with E-state index in [4.69, 9.17) is 27.3 Å². The van der Waals surface area contributed by atoms with E-state index in [1.54, 1.807) is 18.3 Å². The first-order valence-electron chi connectivity index (χ1n) is 12.5. The molecule has 5 rings (SSSR count). The smallest absolute Gasteiger partial charge is 0.253 e. The van der Waals surface area contributed by atoms with Crippen LogP contribution in [0.15, 0.2) is 30.5 Å². The minimum Gasteiger partial charge on any atom is -0.368 e. The summed E-state index contributed by atoms with van der Waals surface area (Å²) in [5.41, 5.74) is 7.84. The van der Waals surface area contributed by atoms with Gasteiger partial charge in [0.25, 0.3) is 5.91 Å². The predicted molar refractivity (Wildman–Crippen MR) is 140 cm³/mol. The first kappa shape index (κ1) is 24.5. The maximum Gasteiger partial charge on any atom is 0.253 e. The number of anilines is 2. The summed E-state index contributed by atoms with van der Waals surface area (Å²) in [7, 11) is 0. The van der Waals surface area contributed by atoms with E-state index in [0.717, 1.165) is 63.5 Å². The molecule has 2 aromatic heterocycles. The van der Waals surface area contributed by atoms with Crippen molar-refractivity contribution in [2.75, 3.05) is 43.4 Å². The van der Waals surface area contributed by atoms with E-state index in [-0.39, 0.29) is 11.9 Å². The van der Waals surface area contributed by atoms with Crippen LogP contribution in [0.1, 0.15) is 42.2 Å².